The normalized spacial score (nSPS) is 17.0. The molecule has 7 heteroatoms. The highest BCUT2D eigenvalue weighted by Gasteiger charge is 2.20. The Labute approximate surface area is 133 Å². The summed E-state index contributed by atoms with van der Waals surface area (Å²) in [5.74, 6) is 0.827. The van der Waals surface area contributed by atoms with Crippen LogP contribution in [0.3, 0.4) is 0 Å². The van der Waals surface area contributed by atoms with Crippen LogP contribution < -0.4 is 16.4 Å². The summed E-state index contributed by atoms with van der Waals surface area (Å²) in [5.41, 5.74) is 7.92. The summed E-state index contributed by atoms with van der Waals surface area (Å²) in [6.07, 6.45) is 3.16. The summed E-state index contributed by atoms with van der Waals surface area (Å²) in [4.78, 5) is 19.0. The van der Waals surface area contributed by atoms with Crippen molar-refractivity contribution in [2.75, 3.05) is 24.1 Å². The maximum absolute atomic E-state index is 10.7. The second kappa shape index (κ2) is 6.53. The highest BCUT2D eigenvalue weighted by atomic mass is 16.1. The second-order valence-electron chi connectivity index (χ2n) is 5.43. The Morgan fingerprint density at radius 2 is 2.13 bits per heavy atom. The van der Waals surface area contributed by atoms with Crippen molar-refractivity contribution in [1.82, 2.24) is 15.3 Å². The average Bonchev–Trinajstić information content (AvgIpc) is 3.08. The van der Waals surface area contributed by atoms with Gasteiger partial charge in [0.1, 0.15) is 24.2 Å². The van der Waals surface area contributed by atoms with Gasteiger partial charge in [-0.2, -0.15) is 0 Å². The monoisotopic (exact) mass is 310 g/mol. The number of nitrogen functional groups attached to an aromatic ring is 1. The predicted molar refractivity (Wildman–Crippen MR) is 89.1 cm³/mol. The molecule has 5 N–H and O–H groups in total. The van der Waals surface area contributed by atoms with Crippen molar-refractivity contribution in [3.05, 3.63) is 47.3 Å². The topological polar surface area (TPSA) is 117 Å². The Hall–Kier alpha value is -2.80. The maximum Gasteiger partial charge on any atom is 0.150 e. The minimum absolute atomic E-state index is 0.231. The number of nitrogens with one attached hydrogen (secondary N) is 3. The molecule has 2 aromatic rings. The van der Waals surface area contributed by atoms with Crippen LogP contribution in [0.5, 0.6) is 0 Å². The molecule has 23 heavy (non-hydrogen) atoms. The van der Waals surface area contributed by atoms with E-state index in [0.717, 1.165) is 25.8 Å². The standard InChI is InChI=1S/C16H18N6O/c17-14(11-3-1-10(8-23)2-4-11)13-15(18)20-9-21-16(13)22-12-5-6-19-7-12/h1-4,8-9,12,17,19H,5-7H2,(H3,18,20,21,22). The quantitative estimate of drug-likeness (QED) is 0.484. The predicted octanol–water partition coefficient (Wildman–Crippen LogP) is 1.06. The molecule has 0 aliphatic carbocycles. The lowest BCUT2D eigenvalue weighted by Gasteiger charge is -2.17. The zero-order valence-corrected chi connectivity index (χ0v) is 12.5. The van der Waals surface area contributed by atoms with Crippen LogP contribution in [0.25, 0.3) is 0 Å². The van der Waals surface area contributed by atoms with Gasteiger partial charge in [0.15, 0.2) is 0 Å². The van der Waals surface area contributed by atoms with Gasteiger partial charge in [-0.05, 0) is 13.0 Å². The molecule has 2 heterocycles. The third-order valence-electron chi connectivity index (χ3n) is 3.86. The van der Waals surface area contributed by atoms with E-state index < -0.39 is 0 Å². The van der Waals surface area contributed by atoms with Crippen LogP contribution in [0.2, 0.25) is 0 Å². The SMILES string of the molecule is N=C(c1ccc(C=O)cc1)c1c(N)ncnc1NC1CCNC1. The van der Waals surface area contributed by atoms with Gasteiger partial charge in [-0.25, -0.2) is 9.97 Å². The van der Waals surface area contributed by atoms with Gasteiger partial charge in [-0.15, -0.1) is 0 Å². The van der Waals surface area contributed by atoms with Gasteiger partial charge in [-0.3, -0.25) is 10.2 Å². The van der Waals surface area contributed by atoms with E-state index in [1.165, 1.54) is 6.33 Å². The van der Waals surface area contributed by atoms with E-state index in [-0.39, 0.29) is 17.6 Å². The van der Waals surface area contributed by atoms with E-state index in [0.29, 0.717) is 22.5 Å². The van der Waals surface area contributed by atoms with E-state index >= 15 is 0 Å². The Morgan fingerprint density at radius 3 is 2.78 bits per heavy atom. The van der Waals surface area contributed by atoms with Gasteiger partial charge in [0.05, 0.1) is 11.3 Å². The Balaban J connectivity index is 1.93. The van der Waals surface area contributed by atoms with Crippen LogP contribution in [0.15, 0.2) is 30.6 Å². The van der Waals surface area contributed by atoms with E-state index in [2.05, 4.69) is 20.6 Å². The fourth-order valence-corrected chi connectivity index (χ4v) is 2.60. The van der Waals surface area contributed by atoms with Crippen molar-refractivity contribution in [3.8, 4) is 0 Å². The first-order chi connectivity index (χ1) is 11.2. The molecule has 1 aliphatic rings. The van der Waals surface area contributed by atoms with Crippen LogP contribution in [-0.2, 0) is 0 Å². The number of carbonyl (C=O) groups is 1. The Morgan fingerprint density at radius 1 is 1.35 bits per heavy atom. The van der Waals surface area contributed by atoms with Crippen molar-refractivity contribution in [3.63, 3.8) is 0 Å². The van der Waals surface area contributed by atoms with Crippen molar-refractivity contribution in [2.45, 2.75) is 12.5 Å². The fraction of sp³-hybridized carbons (Fsp3) is 0.250. The van der Waals surface area contributed by atoms with Crippen LogP contribution in [-0.4, -0.2) is 41.1 Å². The molecule has 1 atom stereocenters. The molecule has 7 nitrogen and oxygen atoms in total. The third-order valence-corrected chi connectivity index (χ3v) is 3.86. The average molecular weight is 310 g/mol. The summed E-state index contributed by atoms with van der Waals surface area (Å²) in [6.45, 7) is 1.81. The maximum atomic E-state index is 10.7. The largest absolute Gasteiger partial charge is 0.383 e. The lowest BCUT2D eigenvalue weighted by atomic mass is 10.0. The molecule has 118 valence electrons. The van der Waals surface area contributed by atoms with Gasteiger partial charge in [0, 0.05) is 23.7 Å². The highest BCUT2D eigenvalue weighted by Crippen LogP contribution is 2.23. The summed E-state index contributed by atoms with van der Waals surface area (Å²) < 4.78 is 0. The number of anilines is 2. The number of nitrogens with zero attached hydrogens (tertiary/aromatic N) is 2. The lowest BCUT2D eigenvalue weighted by molar-refractivity contribution is 0.112. The molecule has 0 radical (unpaired) electrons. The van der Waals surface area contributed by atoms with Crippen molar-refractivity contribution in [1.29, 1.82) is 5.41 Å². The van der Waals surface area contributed by atoms with E-state index in [9.17, 15) is 4.79 Å². The van der Waals surface area contributed by atoms with Gasteiger partial charge in [-0.1, -0.05) is 24.3 Å². The summed E-state index contributed by atoms with van der Waals surface area (Å²) in [6, 6.07) is 7.04. The van der Waals surface area contributed by atoms with Crippen molar-refractivity contribution >= 4 is 23.6 Å². The molecule has 0 amide bonds. The molecule has 0 bridgehead atoms. The fourth-order valence-electron chi connectivity index (χ4n) is 2.60. The Kier molecular flexibility index (Phi) is 4.29. The number of benzene rings is 1. The number of hydrogen-bond donors (Lipinski definition) is 4. The molecule has 1 aromatic heterocycles. The molecule has 1 aromatic carbocycles. The van der Waals surface area contributed by atoms with E-state index in [1.54, 1.807) is 24.3 Å². The molecular formula is C16H18N6O. The smallest absolute Gasteiger partial charge is 0.150 e. The van der Waals surface area contributed by atoms with E-state index in [1.807, 2.05) is 0 Å². The summed E-state index contributed by atoms with van der Waals surface area (Å²) in [7, 11) is 0. The number of hydrogen-bond acceptors (Lipinski definition) is 7. The van der Waals surface area contributed by atoms with Gasteiger partial charge >= 0.3 is 0 Å². The highest BCUT2D eigenvalue weighted by molar-refractivity contribution is 6.16. The van der Waals surface area contributed by atoms with Crippen LogP contribution in [0, 0.1) is 5.41 Å². The lowest BCUT2D eigenvalue weighted by Crippen LogP contribution is -2.25. The number of aldehydes is 1. The summed E-state index contributed by atoms with van der Waals surface area (Å²) >= 11 is 0. The number of aromatic nitrogens is 2. The van der Waals surface area contributed by atoms with Gasteiger partial charge in [0.2, 0.25) is 0 Å². The van der Waals surface area contributed by atoms with Crippen LogP contribution in [0.4, 0.5) is 11.6 Å². The van der Waals surface area contributed by atoms with E-state index in [4.69, 9.17) is 11.1 Å². The summed E-state index contributed by atoms with van der Waals surface area (Å²) in [5, 5.41) is 15.1. The minimum Gasteiger partial charge on any atom is -0.383 e. The van der Waals surface area contributed by atoms with Gasteiger partial charge < -0.3 is 16.4 Å². The third kappa shape index (κ3) is 3.19. The van der Waals surface area contributed by atoms with Crippen LogP contribution in [0.1, 0.15) is 27.9 Å². The van der Waals surface area contributed by atoms with Crippen LogP contribution >= 0.6 is 0 Å². The molecular weight excluding hydrogens is 292 g/mol. The second-order valence-corrected chi connectivity index (χ2v) is 5.43. The Bertz CT molecular complexity index is 722. The minimum atomic E-state index is 0.231. The molecule has 1 unspecified atom stereocenters. The zero-order valence-electron chi connectivity index (χ0n) is 12.5. The first-order valence-corrected chi connectivity index (χ1v) is 7.41. The van der Waals surface area contributed by atoms with Gasteiger partial charge in [0.25, 0.3) is 0 Å². The van der Waals surface area contributed by atoms with Crippen molar-refractivity contribution in [2.24, 2.45) is 0 Å². The number of nitrogens with two attached hydrogens (primary N) is 1. The number of rotatable bonds is 5. The molecule has 0 spiro atoms. The number of carbonyl (C=O) groups excluding carboxylic acids is 1. The molecule has 1 saturated heterocycles. The molecule has 0 saturated carbocycles. The first-order valence-electron chi connectivity index (χ1n) is 7.41. The first kappa shape index (κ1) is 15.1. The van der Waals surface area contributed by atoms with Crippen molar-refractivity contribution < 1.29 is 4.79 Å². The molecule has 3 rings (SSSR count). The molecule has 1 fully saturated rings. The zero-order chi connectivity index (χ0) is 16.2. The molecule has 1 aliphatic heterocycles.